The van der Waals surface area contributed by atoms with Gasteiger partial charge in [0, 0.05) is 17.8 Å². The van der Waals surface area contributed by atoms with Gasteiger partial charge in [-0.2, -0.15) is 4.99 Å². The van der Waals surface area contributed by atoms with Gasteiger partial charge in [-0.3, -0.25) is 14.0 Å². The van der Waals surface area contributed by atoms with Crippen LogP contribution in [0.1, 0.15) is 29.8 Å². The van der Waals surface area contributed by atoms with Crippen molar-refractivity contribution in [2.75, 3.05) is 6.61 Å². The fraction of sp³-hybridized carbons (Fsp3) is 0.194. The molecule has 0 bridgehead atoms. The van der Waals surface area contributed by atoms with Crippen molar-refractivity contribution in [3.8, 4) is 5.75 Å². The molecule has 0 N–H and O–H groups in total. The maximum absolute atomic E-state index is 13.6. The molecular weight excluding hydrogens is 579 g/mol. The van der Waals surface area contributed by atoms with Crippen molar-refractivity contribution in [1.82, 2.24) is 14.0 Å². The molecule has 0 aliphatic heterocycles. The molecular formula is C31H26Cl2N4O5. The Morgan fingerprint density at radius 1 is 1.02 bits per heavy atom. The molecule has 1 unspecified atom stereocenters. The summed E-state index contributed by atoms with van der Waals surface area (Å²) >= 11 is 12.2. The van der Waals surface area contributed by atoms with Gasteiger partial charge >= 0.3 is 5.97 Å². The molecule has 0 radical (unpaired) electrons. The van der Waals surface area contributed by atoms with Crippen molar-refractivity contribution in [3.63, 3.8) is 0 Å². The quantitative estimate of drug-likeness (QED) is 0.176. The van der Waals surface area contributed by atoms with E-state index in [0.29, 0.717) is 17.1 Å². The largest absolute Gasteiger partial charge is 0.479 e. The Labute approximate surface area is 250 Å². The molecule has 0 aliphatic carbocycles. The first-order valence-corrected chi connectivity index (χ1v) is 14.0. The predicted molar refractivity (Wildman–Crippen MR) is 160 cm³/mol. The van der Waals surface area contributed by atoms with Crippen LogP contribution in [0.2, 0.25) is 10.0 Å². The number of esters is 1. The first kappa shape index (κ1) is 29.0. The van der Waals surface area contributed by atoms with Gasteiger partial charge in [0.2, 0.25) is 0 Å². The Morgan fingerprint density at radius 2 is 1.79 bits per heavy atom. The van der Waals surface area contributed by atoms with Gasteiger partial charge in [-0.15, -0.1) is 0 Å². The zero-order valence-corrected chi connectivity index (χ0v) is 24.3. The molecule has 5 aromatic rings. The second-order valence-electron chi connectivity index (χ2n) is 9.36. The van der Waals surface area contributed by atoms with E-state index in [4.69, 9.17) is 37.7 Å². The lowest BCUT2D eigenvalue weighted by molar-refractivity contribution is -0.124. The number of hydrogen-bond acceptors (Lipinski definition) is 6. The van der Waals surface area contributed by atoms with Gasteiger partial charge in [0.1, 0.15) is 22.6 Å². The van der Waals surface area contributed by atoms with Crippen molar-refractivity contribution in [3.05, 3.63) is 116 Å². The second-order valence-corrected chi connectivity index (χ2v) is 10.2. The number of carbonyl (C=O) groups is 2. The van der Waals surface area contributed by atoms with Gasteiger partial charge in [-0.25, -0.2) is 9.78 Å². The molecule has 42 heavy (non-hydrogen) atoms. The lowest BCUT2D eigenvalue weighted by Crippen LogP contribution is -2.35. The third kappa shape index (κ3) is 6.07. The maximum atomic E-state index is 13.6. The number of nitrogens with zero attached hydrogens (tertiary/aromatic N) is 4. The summed E-state index contributed by atoms with van der Waals surface area (Å²) in [6, 6.07) is 20.9. The second kappa shape index (κ2) is 12.6. The molecule has 11 heteroatoms. The number of fused-ring (bicyclic) bond motifs is 2. The topological polar surface area (TPSA) is 104 Å². The summed E-state index contributed by atoms with van der Waals surface area (Å²) in [5, 5.41) is 0.828. The molecule has 9 nitrogen and oxygen atoms in total. The minimum atomic E-state index is -1.08. The zero-order valence-electron chi connectivity index (χ0n) is 22.8. The summed E-state index contributed by atoms with van der Waals surface area (Å²) in [7, 11) is 0. The van der Waals surface area contributed by atoms with Crippen LogP contribution in [0, 0.1) is 0 Å². The van der Waals surface area contributed by atoms with E-state index < -0.39 is 18.0 Å². The van der Waals surface area contributed by atoms with Crippen LogP contribution in [0.5, 0.6) is 5.75 Å². The molecule has 0 fully saturated rings. The van der Waals surface area contributed by atoms with Crippen molar-refractivity contribution < 1.29 is 19.1 Å². The monoisotopic (exact) mass is 604 g/mol. The predicted octanol–water partition coefficient (Wildman–Crippen LogP) is 5.27. The van der Waals surface area contributed by atoms with Crippen molar-refractivity contribution >= 4 is 51.8 Å². The molecule has 2 aromatic carbocycles. The summed E-state index contributed by atoms with van der Waals surface area (Å²) in [4.78, 5) is 49.4. The fourth-order valence-electron chi connectivity index (χ4n) is 4.46. The fourth-order valence-corrected chi connectivity index (χ4v) is 4.91. The summed E-state index contributed by atoms with van der Waals surface area (Å²) in [6.07, 6.45) is 1.03. The number of amides is 1. The van der Waals surface area contributed by atoms with Crippen molar-refractivity contribution in [2.24, 2.45) is 4.99 Å². The average molecular weight is 605 g/mol. The number of rotatable bonds is 8. The van der Waals surface area contributed by atoms with E-state index in [1.807, 2.05) is 30.3 Å². The van der Waals surface area contributed by atoms with Crippen LogP contribution in [0.25, 0.3) is 16.7 Å². The number of hydrogen-bond donors (Lipinski definition) is 0. The standard InChI is InChI=1S/C31H26Cl2N4O5/c1-3-41-31(40)23-18-22-27(34-26-11-7-8-15-36(26)30(22)39)37(16-14-20-9-5-4-6-10-20)28(23)35-29(38)19(2)42-25-13-12-21(32)17-24(25)33/h4-13,15,17-19H,3,14,16H2,1-2H3. The number of aromatic nitrogens is 3. The van der Waals surface area contributed by atoms with Crippen molar-refractivity contribution in [1.29, 1.82) is 0 Å². The highest BCUT2D eigenvalue weighted by Crippen LogP contribution is 2.28. The van der Waals surface area contributed by atoms with Crippen LogP contribution in [0.3, 0.4) is 0 Å². The SMILES string of the molecule is CCOC(=O)c1cc2c(=O)n3ccccc3nc2n(CCc2ccccc2)c1=NC(=O)C(C)Oc1ccc(Cl)cc1Cl. The summed E-state index contributed by atoms with van der Waals surface area (Å²) in [6.45, 7) is 3.53. The van der Waals surface area contributed by atoms with Crippen LogP contribution in [0.15, 0.2) is 88.8 Å². The van der Waals surface area contributed by atoms with Gasteiger partial charge in [-0.1, -0.05) is 59.6 Å². The third-order valence-electron chi connectivity index (χ3n) is 6.51. The van der Waals surface area contributed by atoms with E-state index in [0.717, 1.165) is 5.56 Å². The van der Waals surface area contributed by atoms with Crippen LogP contribution in [-0.2, 0) is 22.5 Å². The van der Waals surface area contributed by atoms with E-state index in [2.05, 4.69) is 4.99 Å². The van der Waals surface area contributed by atoms with Gasteiger partial charge in [0.05, 0.1) is 17.0 Å². The number of carbonyl (C=O) groups excluding carboxylic acids is 2. The Balaban J connectivity index is 1.72. The molecule has 0 saturated heterocycles. The van der Waals surface area contributed by atoms with Gasteiger partial charge in [0.25, 0.3) is 11.5 Å². The zero-order chi connectivity index (χ0) is 29.8. The summed E-state index contributed by atoms with van der Waals surface area (Å²) < 4.78 is 14.1. The number of ether oxygens (including phenoxy) is 2. The highest BCUT2D eigenvalue weighted by atomic mass is 35.5. The highest BCUT2D eigenvalue weighted by Gasteiger charge is 2.22. The van der Waals surface area contributed by atoms with Crippen LogP contribution in [0.4, 0.5) is 0 Å². The number of benzene rings is 2. The molecule has 3 heterocycles. The Kier molecular flexibility index (Phi) is 8.70. The van der Waals surface area contributed by atoms with Crippen LogP contribution in [-0.4, -0.2) is 38.5 Å². The lowest BCUT2D eigenvalue weighted by Gasteiger charge is -2.16. The molecule has 5 rings (SSSR count). The number of pyridine rings is 2. The minimum Gasteiger partial charge on any atom is -0.479 e. The summed E-state index contributed by atoms with van der Waals surface area (Å²) in [5.74, 6) is -1.16. The maximum Gasteiger partial charge on any atom is 0.341 e. The van der Waals surface area contributed by atoms with E-state index in [1.165, 1.54) is 23.5 Å². The van der Waals surface area contributed by atoms with Gasteiger partial charge in [-0.05, 0) is 62.2 Å². The van der Waals surface area contributed by atoms with E-state index >= 15 is 0 Å². The third-order valence-corrected chi connectivity index (χ3v) is 7.04. The smallest absolute Gasteiger partial charge is 0.341 e. The number of halogens is 2. The Hall–Kier alpha value is -4.47. The molecule has 1 atom stereocenters. The normalized spacial score (nSPS) is 12.4. The molecule has 3 aromatic heterocycles. The van der Waals surface area contributed by atoms with Gasteiger partial charge < -0.3 is 14.0 Å². The molecule has 0 aliphatic rings. The van der Waals surface area contributed by atoms with Gasteiger partial charge in [0.15, 0.2) is 11.6 Å². The molecule has 0 spiro atoms. The van der Waals surface area contributed by atoms with E-state index in [-0.39, 0.29) is 51.6 Å². The first-order valence-electron chi connectivity index (χ1n) is 13.2. The Bertz CT molecular complexity index is 1940. The first-order chi connectivity index (χ1) is 20.3. The molecule has 214 valence electrons. The van der Waals surface area contributed by atoms with E-state index in [9.17, 15) is 14.4 Å². The molecule has 0 saturated carbocycles. The van der Waals surface area contributed by atoms with Crippen LogP contribution >= 0.6 is 23.2 Å². The van der Waals surface area contributed by atoms with E-state index in [1.54, 1.807) is 48.0 Å². The minimum absolute atomic E-state index is 0.00622. The van der Waals surface area contributed by atoms with Crippen molar-refractivity contribution in [2.45, 2.75) is 32.9 Å². The average Bonchev–Trinajstić information content (AvgIpc) is 2.98. The number of aryl methyl sites for hydroxylation is 2. The Morgan fingerprint density at radius 3 is 2.52 bits per heavy atom. The van der Waals surface area contributed by atoms with Crippen LogP contribution < -0.4 is 15.8 Å². The lowest BCUT2D eigenvalue weighted by atomic mass is 10.1. The molecule has 1 amide bonds. The highest BCUT2D eigenvalue weighted by molar-refractivity contribution is 6.35. The summed E-state index contributed by atoms with van der Waals surface area (Å²) in [5.41, 5.74) is 1.27.